The van der Waals surface area contributed by atoms with Crippen molar-refractivity contribution in [3.8, 4) is 0 Å². The summed E-state index contributed by atoms with van der Waals surface area (Å²) in [6, 6.07) is 6.27. The average molecular weight is 281 g/mol. The monoisotopic (exact) mass is 280 g/mol. The third kappa shape index (κ3) is 3.64. The molecule has 1 aliphatic heterocycles. The summed E-state index contributed by atoms with van der Waals surface area (Å²) in [5.41, 5.74) is 2.56. The van der Waals surface area contributed by atoms with Crippen molar-refractivity contribution in [3.63, 3.8) is 0 Å². The van der Waals surface area contributed by atoms with Crippen LogP contribution in [0.5, 0.6) is 0 Å². The molecule has 0 bridgehead atoms. The van der Waals surface area contributed by atoms with Gasteiger partial charge in [0.1, 0.15) is 0 Å². The highest BCUT2D eigenvalue weighted by Crippen LogP contribution is 2.30. The minimum atomic E-state index is 0.836. The van der Waals surface area contributed by atoms with Gasteiger partial charge in [0.2, 0.25) is 0 Å². The Morgan fingerprint density at radius 2 is 2.16 bits per heavy atom. The van der Waals surface area contributed by atoms with Gasteiger partial charge in [-0.1, -0.05) is 31.0 Å². The first-order chi connectivity index (χ1) is 9.26. The zero-order chi connectivity index (χ0) is 13.7. The lowest BCUT2D eigenvalue weighted by Crippen LogP contribution is -2.26. The van der Waals surface area contributed by atoms with E-state index in [1.165, 1.54) is 36.9 Å². The van der Waals surface area contributed by atoms with E-state index >= 15 is 0 Å². The van der Waals surface area contributed by atoms with E-state index in [0.717, 1.165) is 30.6 Å². The summed E-state index contributed by atoms with van der Waals surface area (Å²) < 4.78 is 0. The molecular formula is C16H25ClN2. The van der Waals surface area contributed by atoms with Crippen LogP contribution in [0.3, 0.4) is 0 Å². The van der Waals surface area contributed by atoms with Crippen LogP contribution in [-0.4, -0.2) is 20.1 Å². The topological polar surface area (TPSA) is 15.3 Å². The summed E-state index contributed by atoms with van der Waals surface area (Å²) in [5, 5.41) is 4.11. The lowest BCUT2D eigenvalue weighted by Gasteiger charge is -2.26. The van der Waals surface area contributed by atoms with Gasteiger partial charge >= 0.3 is 0 Å². The van der Waals surface area contributed by atoms with Crippen molar-refractivity contribution < 1.29 is 0 Å². The van der Waals surface area contributed by atoms with E-state index in [-0.39, 0.29) is 0 Å². The molecule has 0 spiro atoms. The van der Waals surface area contributed by atoms with Gasteiger partial charge in [-0.2, -0.15) is 0 Å². The van der Waals surface area contributed by atoms with Crippen LogP contribution in [0.2, 0.25) is 5.02 Å². The van der Waals surface area contributed by atoms with E-state index in [0.29, 0.717) is 0 Å². The number of nitrogens with zero attached hydrogens (tertiary/aromatic N) is 1. The maximum Gasteiger partial charge on any atom is 0.0471 e. The van der Waals surface area contributed by atoms with Gasteiger partial charge in [-0.25, -0.2) is 0 Å². The van der Waals surface area contributed by atoms with Gasteiger partial charge in [-0.3, -0.25) is 0 Å². The third-order valence-corrected chi connectivity index (χ3v) is 4.57. The predicted octanol–water partition coefficient (Wildman–Crippen LogP) is 4.08. The molecule has 0 radical (unpaired) electrons. The molecule has 3 heteroatoms. The molecule has 1 fully saturated rings. The second kappa shape index (κ2) is 7.16. The fraction of sp³-hybridized carbons (Fsp3) is 0.625. The molecule has 1 saturated heterocycles. The first-order valence-corrected chi connectivity index (χ1v) is 7.81. The number of halogens is 1. The number of anilines is 1. The van der Waals surface area contributed by atoms with Gasteiger partial charge in [0.25, 0.3) is 0 Å². The minimum Gasteiger partial charge on any atom is -0.371 e. The van der Waals surface area contributed by atoms with Crippen molar-refractivity contribution in [2.45, 2.75) is 39.2 Å². The number of benzene rings is 1. The lowest BCUT2D eigenvalue weighted by atomic mass is 9.98. The molecule has 1 aromatic rings. The Bertz CT molecular complexity index is 406. The molecule has 1 N–H and O–H groups in total. The Balaban J connectivity index is 2.18. The Morgan fingerprint density at radius 3 is 2.89 bits per heavy atom. The normalized spacial score (nSPS) is 20.4. The smallest absolute Gasteiger partial charge is 0.0471 e. The van der Waals surface area contributed by atoms with Gasteiger partial charge in [0.15, 0.2) is 0 Å². The Kier molecular flexibility index (Phi) is 5.53. The lowest BCUT2D eigenvalue weighted by molar-refractivity contribution is 0.459. The highest BCUT2D eigenvalue weighted by Gasteiger charge is 2.18. The van der Waals surface area contributed by atoms with E-state index in [1.54, 1.807) is 0 Å². The van der Waals surface area contributed by atoms with Crippen LogP contribution in [0.25, 0.3) is 0 Å². The summed E-state index contributed by atoms with van der Waals surface area (Å²) in [7, 11) is 1.97. The van der Waals surface area contributed by atoms with Gasteiger partial charge < -0.3 is 10.2 Å². The average Bonchev–Trinajstić information content (AvgIpc) is 2.66. The van der Waals surface area contributed by atoms with Crippen molar-refractivity contribution in [1.29, 1.82) is 0 Å². The van der Waals surface area contributed by atoms with Crippen LogP contribution in [-0.2, 0) is 6.54 Å². The number of rotatable bonds is 4. The van der Waals surface area contributed by atoms with Crippen LogP contribution >= 0.6 is 11.6 Å². The van der Waals surface area contributed by atoms with Gasteiger partial charge in [0.05, 0.1) is 0 Å². The minimum absolute atomic E-state index is 0.836. The quantitative estimate of drug-likeness (QED) is 0.894. The number of nitrogens with one attached hydrogen (secondary N) is 1. The van der Waals surface area contributed by atoms with Crippen molar-refractivity contribution in [1.82, 2.24) is 5.32 Å². The van der Waals surface area contributed by atoms with Crippen molar-refractivity contribution in [2.75, 3.05) is 25.0 Å². The maximum atomic E-state index is 6.36. The van der Waals surface area contributed by atoms with Crippen LogP contribution < -0.4 is 10.2 Å². The summed E-state index contributed by atoms with van der Waals surface area (Å²) in [4.78, 5) is 2.52. The standard InChI is InChI=1S/C16H25ClN2/c1-3-13-6-5-10-19(11-9-13)16-8-4-7-15(17)14(16)12-18-2/h4,7-8,13,18H,3,5-6,9-12H2,1-2H3. The molecule has 1 atom stereocenters. The second-order valence-corrected chi connectivity index (χ2v) is 5.87. The Morgan fingerprint density at radius 1 is 1.32 bits per heavy atom. The van der Waals surface area contributed by atoms with Crippen molar-refractivity contribution in [2.24, 2.45) is 5.92 Å². The molecule has 1 unspecified atom stereocenters. The van der Waals surface area contributed by atoms with Crippen LogP contribution in [0, 0.1) is 5.92 Å². The molecule has 0 aliphatic carbocycles. The molecule has 2 nitrogen and oxygen atoms in total. The zero-order valence-corrected chi connectivity index (χ0v) is 12.8. The van der Waals surface area contributed by atoms with Gasteiger partial charge in [0, 0.05) is 35.9 Å². The molecule has 0 aromatic heterocycles. The predicted molar refractivity (Wildman–Crippen MR) is 84.1 cm³/mol. The SMILES string of the molecule is CCC1CCCN(c2cccc(Cl)c2CNC)CC1. The molecule has 1 heterocycles. The number of hydrogen-bond donors (Lipinski definition) is 1. The second-order valence-electron chi connectivity index (χ2n) is 5.46. The maximum absolute atomic E-state index is 6.36. The molecule has 2 rings (SSSR count). The highest BCUT2D eigenvalue weighted by atomic mass is 35.5. The molecule has 1 aromatic carbocycles. The molecule has 19 heavy (non-hydrogen) atoms. The summed E-state index contributed by atoms with van der Waals surface area (Å²) in [5.74, 6) is 0.900. The van der Waals surface area contributed by atoms with Gasteiger partial charge in [-0.05, 0) is 44.4 Å². The van der Waals surface area contributed by atoms with Crippen molar-refractivity contribution in [3.05, 3.63) is 28.8 Å². The fourth-order valence-corrected chi connectivity index (χ4v) is 3.25. The molecule has 0 amide bonds. The van der Waals surface area contributed by atoms with E-state index in [9.17, 15) is 0 Å². The first kappa shape index (κ1) is 14.7. The molecule has 0 saturated carbocycles. The first-order valence-electron chi connectivity index (χ1n) is 7.43. The Labute approximate surface area is 122 Å². The van der Waals surface area contributed by atoms with Crippen molar-refractivity contribution >= 4 is 17.3 Å². The van der Waals surface area contributed by atoms with E-state index in [4.69, 9.17) is 11.6 Å². The van der Waals surface area contributed by atoms with Gasteiger partial charge in [-0.15, -0.1) is 0 Å². The van der Waals surface area contributed by atoms with E-state index < -0.39 is 0 Å². The molecule has 1 aliphatic rings. The highest BCUT2D eigenvalue weighted by molar-refractivity contribution is 6.31. The Hall–Kier alpha value is -0.730. The summed E-state index contributed by atoms with van der Waals surface area (Å²) in [6.07, 6.45) is 5.29. The fourth-order valence-electron chi connectivity index (χ4n) is 3.01. The molecular weight excluding hydrogens is 256 g/mol. The summed E-state index contributed by atoms with van der Waals surface area (Å²) in [6.45, 7) is 5.47. The number of hydrogen-bond acceptors (Lipinski definition) is 2. The zero-order valence-electron chi connectivity index (χ0n) is 12.1. The van der Waals surface area contributed by atoms with Crippen LogP contribution in [0.1, 0.15) is 38.2 Å². The summed E-state index contributed by atoms with van der Waals surface area (Å²) >= 11 is 6.36. The van der Waals surface area contributed by atoms with Crippen LogP contribution in [0.15, 0.2) is 18.2 Å². The van der Waals surface area contributed by atoms with Crippen LogP contribution in [0.4, 0.5) is 5.69 Å². The molecule has 106 valence electrons. The van der Waals surface area contributed by atoms with E-state index in [2.05, 4.69) is 29.3 Å². The van der Waals surface area contributed by atoms with E-state index in [1.807, 2.05) is 13.1 Å². The third-order valence-electron chi connectivity index (χ3n) is 4.21. The largest absolute Gasteiger partial charge is 0.371 e.